The van der Waals surface area contributed by atoms with Crippen LogP contribution in [0.15, 0.2) is 42.5 Å². The highest BCUT2D eigenvalue weighted by molar-refractivity contribution is 6.31. The van der Waals surface area contributed by atoms with Gasteiger partial charge >= 0.3 is 0 Å². The van der Waals surface area contributed by atoms with Gasteiger partial charge < -0.3 is 10.1 Å². The second-order valence-corrected chi connectivity index (χ2v) is 5.92. The van der Waals surface area contributed by atoms with E-state index in [4.69, 9.17) is 16.3 Å². The van der Waals surface area contributed by atoms with Crippen LogP contribution in [-0.2, 0) is 0 Å². The lowest BCUT2D eigenvalue weighted by atomic mass is 9.92. The molecule has 0 bridgehead atoms. The lowest BCUT2D eigenvalue weighted by Gasteiger charge is -2.33. The molecule has 3 heteroatoms. The van der Waals surface area contributed by atoms with E-state index in [-0.39, 0.29) is 6.10 Å². The highest BCUT2D eigenvalue weighted by atomic mass is 35.5. The molecule has 0 radical (unpaired) electrons. The Bertz CT molecular complexity index is 641. The van der Waals surface area contributed by atoms with E-state index in [1.807, 2.05) is 18.2 Å². The van der Waals surface area contributed by atoms with E-state index in [1.54, 1.807) is 0 Å². The molecular formula is C18H20ClNO. The van der Waals surface area contributed by atoms with Gasteiger partial charge in [-0.1, -0.05) is 54.4 Å². The molecule has 3 rings (SSSR count). The van der Waals surface area contributed by atoms with Crippen LogP contribution in [0.2, 0.25) is 5.02 Å². The number of halogens is 1. The number of rotatable bonds is 3. The first kappa shape index (κ1) is 14.4. The molecule has 2 aromatic rings. The van der Waals surface area contributed by atoms with Crippen LogP contribution in [0.3, 0.4) is 0 Å². The number of hydrogen-bond acceptors (Lipinski definition) is 2. The Balaban J connectivity index is 1.98. The quantitative estimate of drug-likeness (QED) is 0.877. The number of benzene rings is 2. The molecule has 0 aliphatic carbocycles. The summed E-state index contributed by atoms with van der Waals surface area (Å²) in [6.45, 7) is 5.19. The molecule has 0 saturated carbocycles. The Labute approximate surface area is 131 Å². The molecule has 0 spiro atoms. The molecular weight excluding hydrogens is 282 g/mol. The van der Waals surface area contributed by atoms with Crippen molar-refractivity contribution < 1.29 is 4.74 Å². The van der Waals surface area contributed by atoms with E-state index in [2.05, 4.69) is 43.4 Å². The van der Waals surface area contributed by atoms with Crippen molar-refractivity contribution in [3.05, 3.63) is 64.2 Å². The third kappa shape index (κ3) is 2.92. The van der Waals surface area contributed by atoms with Crippen molar-refractivity contribution >= 4 is 11.6 Å². The van der Waals surface area contributed by atoms with Crippen molar-refractivity contribution in [2.75, 3.05) is 6.54 Å². The van der Waals surface area contributed by atoms with E-state index in [1.165, 1.54) is 11.1 Å². The summed E-state index contributed by atoms with van der Waals surface area (Å²) in [5.74, 6) is 0.961. The van der Waals surface area contributed by atoms with Crippen LogP contribution in [0.25, 0.3) is 0 Å². The van der Waals surface area contributed by atoms with Gasteiger partial charge in [0.25, 0.3) is 0 Å². The highest BCUT2D eigenvalue weighted by Gasteiger charge is 2.29. The standard InChI is InChI=1S/C18H20ClNO/c1-3-20-16-11-18(13-6-4-5-7-15(13)19)21-17-9-8-12(2)10-14(16)17/h4-10,16,18,20H,3,11H2,1-2H3. The number of hydrogen-bond donors (Lipinski definition) is 1. The minimum atomic E-state index is -0.00189. The smallest absolute Gasteiger partial charge is 0.127 e. The van der Waals surface area contributed by atoms with Crippen molar-refractivity contribution in [1.82, 2.24) is 5.32 Å². The van der Waals surface area contributed by atoms with Gasteiger partial charge in [-0.15, -0.1) is 0 Å². The lowest BCUT2D eigenvalue weighted by molar-refractivity contribution is 0.152. The number of fused-ring (bicyclic) bond motifs is 1. The van der Waals surface area contributed by atoms with E-state index in [9.17, 15) is 0 Å². The van der Waals surface area contributed by atoms with E-state index in [0.717, 1.165) is 29.3 Å². The molecule has 0 fully saturated rings. The molecule has 1 heterocycles. The third-order valence-electron chi connectivity index (χ3n) is 3.96. The van der Waals surface area contributed by atoms with Crippen LogP contribution in [0.1, 0.15) is 42.2 Å². The van der Waals surface area contributed by atoms with Gasteiger partial charge in [0, 0.05) is 28.6 Å². The SMILES string of the molecule is CCNC1CC(c2ccccc2Cl)Oc2ccc(C)cc21. The van der Waals surface area contributed by atoms with Gasteiger partial charge in [-0.3, -0.25) is 0 Å². The first-order valence-corrected chi connectivity index (χ1v) is 7.82. The largest absolute Gasteiger partial charge is 0.485 e. The first-order chi connectivity index (χ1) is 10.2. The Morgan fingerprint density at radius 2 is 2.00 bits per heavy atom. The summed E-state index contributed by atoms with van der Waals surface area (Å²) in [6, 6.07) is 14.6. The zero-order valence-corrected chi connectivity index (χ0v) is 13.2. The Morgan fingerprint density at radius 3 is 2.76 bits per heavy atom. The Hall–Kier alpha value is -1.51. The lowest BCUT2D eigenvalue weighted by Crippen LogP contribution is -2.29. The van der Waals surface area contributed by atoms with Gasteiger partial charge in [-0.05, 0) is 25.6 Å². The van der Waals surface area contributed by atoms with Crippen LogP contribution in [0, 0.1) is 6.92 Å². The van der Waals surface area contributed by atoms with Crippen molar-refractivity contribution in [3.63, 3.8) is 0 Å². The molecule has 0 aromatic heterocycles. The van der Waals surface area contributed by atoms with Gasteiger partial charge in [0.15, 0.2) is 0 Å². The Morgan fingerprint density at radius 1 is 1.19 bits per heavy atom. The zero-order chi connectivity index (χ0) is 14.8. The summed E-state index contributed by atoms with van der Waals surface area (Å²) >= 11 is 6.33. The third-order valence-corrected chi connectivity index (χ3v) is 4.31. The van der Waals surface area contributed by atoms with Crippen molar-refractivity contribution in [2.24, 2.45) is 0 Å². The van der Waals surface area contributed by atoms with E-state index >= 15 is 0 Å². The fourth-order valence-corrected chi connectivity index (χ4v) is 3.21. The molecule has 2 aromatic carbocycles. The molecule has 2 atom stereocenters. The average Bonchev–Trinajstić information content (AvgIpc) is 2.48. The summed E-state index contributed by atoms with van der Waals surface area (Å²) in [5, 5.41) is 4.34. The predicted octanol–water partition coefficient (Wildman–Crippen LogP) is 4.82. The molecule has 1 aliphatic rings. The summed E-state index contributed by atoms with van der Waals surface area (Å²) in [6.07, 6.45) is 0.895. The summed E-state index contributed by atoms with van der Waals surface area (Å²) in [5.41, 5.74) is 3.57. The molecule has 110 valence electrons. The molecule has 2 unspecified atom stereocenters. The van der Waals surface area contributed by atoms with Crippen LogP contribution >= 0.6 is 11.6 Å². The summed E-state index contributed by atoms with van der Waals surface area (Å²) < 4.78 is 6.21. The van der Waals surface area contributed by atoms with Crippen LogP contribution < -0.4 is 10.1 Å². The first-order valence-electron chi connectivity index (χ1n) is 7.44. The van der Waals surface area contributed by atoms with Gasteiger partial charge in [-0.25, -0.2) is 0 Å². The topological polar surface area (TPSA) is 21.3 Å². The predicted molar refractivity (Wildman–Crippen MR) is 87.0 cm³/mol. The monoisotopic (exact) mass is 301 g/mol. The van der Waals surface area contributed by atoms with E-state index in [0.29, 0.717) is 6.04 Å². The average molecular weight is 302 g/mol. The van der Waals surface area contributed by atoms with Gasteiger partial charge in [-0.2, -0.15) is 0 Å². The normalized spacial score (nSPS) is 20.7. The van der Waals surface area contributed by atoms with Gasteiger partial charge in [0.2, 0.25) is 0 Å². The zero-order valence-electron chi connectivity index (χ0n) is 12.4. The maximum atomic E-state index is 6.33. The maximum absolute atomic E-state index is 6.33. The van der Waals surface area contributed by atoms with Crippen molar-refractivity contribution in [1.29, 1.82) is 0 Å². The molecule has 0 amide bonds. The van der Waals surface area contributed by atoms with E-state index < -0.39 is 0 Å². The summed E-state index contributed by atoms with van der Waals surface area (Å²) in [7, 11) is 0. The molecule has 0 saturated heterocycles. The maximum Gasteiger partial charge on any atom is 0.127 e. The number of ether oxygens (including phenoxy) is 1. The number of aryl methyl sites for hydroxylation is 1. The number of nitrogens with one attached hydrogen (secondary N) is 1. The van der Waals surface area contributed by atoms with Crippen LogP contribution in [0.5, 0.6) is 5.75 Å². The fraction of sp³-hybridized carbons (Fsp3) is 0.333. The summed E-state index contributed by atoms with van der Waals surface area (Å²) in [4.78, 5) is 0. The minimum Gasteiger partial charge on any atom is -0.485 e. The van der Waals surface area contributed by atoms with Crippen LogP contribution in [0.4, 0.5) is 0 Å². The second-order valence-electron chi connectivity index (χ2n) is 5.52. The van der Waals surface area contributed by atoms with Crippen LogP contribution in [-0.4, -0.2) is 6.54 Å². The minimum absolute atomic E-state index is 0.00189. The highest BCUT2D eigenvalue weighted by Crippen LogP contribution is 2.42. The second kappa shape index (κ2) is 6.08. The van der Waals surface area contributed by atoms with Crippen molar-refractivity contribution in [2.45, 2.75) is 32.4 Å². The Kier molecular flexibility index (Phi) is 4.18. The van der Waals surface area contributed by atoms with Crippen molar-refractivity contribution in [3.8, 4) is 5.75 Å². The molecule has 1 N–H and O–H groups in total. The molecule has 2 nitrogen and oxygen atoms in total. The van der Waals surface area contributed by atoms with Gasteiger partial charge in [0.1, 0.15) is 11.9 Å². The fourth-order valence-electron chi connectivity index (χ4n) is 2.96. The molecule has 21 heavy (non-hydrogen) atoms. The molecule has 1 aliphatic heterocycles. The van der Waals surface area contributed by atoms with Gasteiger partial charge in [0.05, 0.1) is 0 Å².